The molecule has 0 saturated heterocycles. The van der Waals surface area contributed by atoms with Crippen LogP contribution in [0.15, 0.2) is 11.8 Å². The van der Waals surface area contributed by atoms with Gasteiger partial charge in [-0.05, 0) is 69.8 Å². The molecule has 2 aliphatic rings. The molecule has 0 bridgehead atoms. The summed E-state index contributed by atoms with van der Waals surface area (Å²) in [6, 6.07) is 0. The van der Waals surface area contributed by atoms with Gasteiger partial charge in [-0.25, -0.2) is 0 Å². The van der Waals surface area contributed by atoms with Gasteiger partial charge in [-0.15, -0.1) is 0 Å². The lowest BCUT2D eigenvalue weighted by Gasteiger charge is -2.30. The monoisotopic (exact) mass is 364 g/mol. The van der Waals surface area contributed by atoms with Crippen molar-refractivity contribution in [1.29, 1.82) is 0 Å². The van der Waals surface area contributed by atoms with E-state index in [1.165, 1.54) is 82.8 Å². The van der Waals surface area contributed by atoms with Gasteiger partial charge in [0.2, 0.25) is 0 Å². The van der Waals surface area contributed by atoms with Crippen LogP contribution in [0.25, 0.3) is 0 Å². The Morgan fingerprint density at radius 3 is 2.04 bits per heavy atom. The molecule has 2 rings (SSSR count). The highest BCUT2D eigenvalue weighted by Crippen LogP contribution is 2.36. The number of allylic oxidation sites excluding steroid dienone is 2. The van der Waals surface area contributed by atoms with Crippen LogP contribution in [0.2, 0.25) is 0 Å². The highest BCUT2D eigenvalue weighted by molar-refractivity contribution is 5.56. The summed E-state index contributed by atoms with van der Waals surface area (Å²) >= 11 is 0. The first-order valence-corrected chi connectivity index (χ1v) is 11.5. The van der Waals surface area contributed by atoms with Crippen molar-refractivity contribution in [3.63, 3.8) is 0 Å². The van der Waals surface area contributed by atoms with E-state index in [4.69, 9.17) is 4.74 Å². The van der Waals surface area contributed by atoms with E-state index >= 15 is 0 Å². The van der Waals surface area contributed by atoms with E-state index < -0.39 is 0 Å². The molecule has 0 heterocycles. The van der Waals surface area contributed by atoms with Crippen LogP contribution in [0.3, 0.4) is 0 Å². The molecule has 0 amide bonds. The molecule has 0 aromatic carbocycles. The van der Waals surface area contributed by atoms with E-state index in [1.54, 1.807) is 0 Å². The summed E-state index contributed by atoms with van der Waals surface area (Å²) in [5.41, 5.74) is 0. The van der Waals surface area contributed by atoms with E-state index in [-0.39, 0.29) is 0 Å². The Balaban J connectivity index is 0.000000577. The summed E-state index contributed by atoms with van der Waals surface area (Å²) in [7, 11) is 0. The third kappa shape index (κ3) is 11.0. The SMILES string of the molecule is CCCC/C=C(\OCCCC)C1CCC(CCCC)CC1.O=CC1CC1. The molecule has 0 aromatic rings. The summed E-state index contributed by atoms with van der Waals surface area (Å²) in [6.45, 7) is 7.74. The largest absolute Gasteiger partial charge is 0.498 e. The minimum Gasteiger partial charge on any atom is -0.498 e. The van der Waals surface area contributed by atoms with Crippen LogP contribution >= 0.6 is 0 Å². The smallest absolute Gasteiger partial charge is 0.123 e. The van der Waals surface area contributed by atoms with Gasteiger partial charge in [0, 0.05) is 11.8 Å². The highest BCUT2D eigenvalue weighted by atomic mass is 16.5. The fourth-order valence-corrected chi connectivity index (χ4v) is 3.59. The predicted octanol–water partition coefficient (Wildman–Crippen LogP) is 7.47. The fourth-order valence-electron chi connectivity index (χ4n) is 3.59. The van der Waals surface area contributed by atoms with Crippen LogP contribution in [-0.4, -0.2) is 12.9 Å². The summed E-state index contributed by atoms with van der Waals surface area (Å²) in [6.07, 6.45) is 21.7. The zero-order chi connectivity index (χ0) is 19.0. The Kier molecular flexibility index (Phi) is 13.7. The highest BCUT2D eigenvalue weighted by Gasteiger charge is 2.24. The third-order valence-corrected chi connectivity index (χ3v) is 5.70. The van der Waals surface area contributed by atoms with Crippen molar-refractivity contribution in [3.05, 3.63) is 11.8 Å². The Labute approximate surface area is 163 Å². The van der Waals surface area contributed by atoms with Gasteiger partial charge in [0.1, 0.15) is 6.29 Å². The summed E-state index contributed by atoms with van der Waals surface area (Å²) in [5, 5.41) is 0. The summed E-state index contributed by atoms with van der Waals surface area (Å²) < 4.78 is 6.15. The van der Waals surface area contributed by atoms with Gasteiger partial charge in [-0.2, -0.15) is 0 Å². The Morgan fingerprint density at radius 1 is 0.885 bits per heavy atom. The van der Waals surface area contributed by atoms with Crippen molar-refractivity contribution in [2.24, 2.45) is 17.8 Å². The molecule has 0 spiro atoms. The first kappa shape index (κ1) is 23.2. The van der Waals surface area contributed by atoms with Crippen molar-refractivity contribution < 1.29 is 9.53 Å². The Morgan fingerprint density at radius 2 is 1.54 bits per heavy atom. The molecule has 26 heavy (non-hydrogen) atoms. The van der Waals surface area contributed by atoms with Gasteiger partial charge in [0.05, 0.1) is 12.4 Å². The maximum Gasteiger partial charge on any atom is 0.123 e. The van der Waals surface area contributed by atoms with Crippen molar-refractivity contribution >= 4 is 6.29 Å². The minimum absolute atomic E-state index is 0.454. The average Bonchev–Trinajstić information content (AvgIpc) is 3.51. The zero-order valence-corrected chi connectivity index (χ0v) is 17.8. The van der Waals surface area contributed by atoms with Crippen LogP contribution in [0.4, 0.5) is 0 Å². The normalized spacial score (nSPS) is 23.1. The fraction of sp³-hybridized carbons (Fsp3) is 0.875. The molecule has 2 aliphatic carbocycles. The molecule has 0 aliphatic heterocycles. The lowest BCUT2D eigenvalue weighted by atomic mass is 9.79. The molecule has 152 valence electrons. The summed E-state index contributed by atoms with van der Waals surface area (Å²) in [5.74, 6) is 3.51. The van der Waals surface area contributed by atoms with Gasteiger partial charge in [0.15, 0.2) is 0 Å². The van der Waals surface area contributed by atoms with Crippen molar-refractivity contribution in [2.75, 3.05) is 6.61 Å². The zero-order valence-electron chi connectivity index (χ0n) is 17.8. The first-order valence-electron chi connectivity index (χ1n) is 11.5. The van der Waals surface area contributed by atoms with E-state index in [0.29, 0.717) is 5.92 Å². The van der Waals surface area contributed by atoms with Gasteiger partial charge < -0.3 is 9.53 Å². The van der Waals surface area contributed by atoms with Gasteiger partial charge in [-0.1, -0.05) is 52.9 Å². The first-order chi connectivity index (χ1) is 12.7. The van der Waals surface area contributed by atoms with Crippen molar-refractivity contribution in [2.45, 2.75) is 111 Å². The van der Waals surface area contributed by atoms with Crippen molar-refractivity contribution in [3.8, 4) is 0 Å². The van der Waals surface area contributed by atoms with Gasteiger partial charge in [0.25, 0.3) is 0 Å². The number of hydrogen-bond donors (Lipinski definition) is 0. The van der Waals surface area contributed by atoms with Crippen LogP contribution < -0.4 is 0 Å². The second-order valence-electron chi connectivity index (χ2n) is 8.28. The molecule has 2 fully saturated rings. The molecular formula is C24H44O2. The number of carbonyl (C=O) groups excluding carboxylic acids is 1. The third-order valence-electron chi connectivity index (χ3n) is 5.70. The maximum atomic E-state index is 9.57. The second-order valence-corrected chi connectivity index (χ2v) is 8.28. The summed E-state index contributed by atoms with van der Waals surface area (Å²) in [4.78, 5) is 9.57. The molecule has 2 saturated carbocycles. The molecule has 0 radical (unpaired) electrons. The number of rotatable bonds is 12. The molecule has 0 aromatic heterocycles. The van der Waals surface area contributed by atoms with Crippen LogP contribution in [-0.2, 0) is 9.53 Å². The van der Waals surface area contributed by atoms with E-state index in [9.17, 15) is 4.79 Å². The Bertz CT molecular complexity index is 362. The topological polar surface area (TPSA) is 26.3 Å². The molecule has 0 unspecified atom stereocenters. The lowest BCUT2D eigenvalue weighted by molar-refractivity contribution is -0.108. The number of ether oxygens (including phenoxy) is 1. The van der Waals surface area contributed by atoms with Crippen LogP contribution in [0, 0.1) is 17.8 Å². The predicted molar refractivity (Wildman–Crippen MR) is 112 cm³/mol. The molecule has 2 heteroatoms. The number of carbonyl (C=O) groups is 1. The van der Waals surface area contributed by atoms with E-state index in [2.05, 4.69) is 26.8 Å². The Hall–Kier alpha value is -0.790. The van der Waals surface area contributed by atoms with Crippen molar-refractivity contribution in [1.82, 2.24) is 0 Å². The minimum atomic E-state index is 0.454. The molecule has 0 atom stereocenters. The second kappa shape index (κ2) is 15.3. The average molecular weight is 365 g/mol. The lowest BCUT2D eigenvalue weighted by Crippen LogP contribution is -2.18. The standard InChI is InChI=1S/C20H38O.C4H6O/c1-4-7-10-12-20(21-17-9-6-3)19-15-13-18(14-16-19)11-8-5-2;5-3-4-1-2-4/h12,18-19H,4-11,13-17H2,1-3H3;3-4H,1-2H2/b20-12-;. The molecule has 0 N–H and O–H groups in total. The van der Waals surface area contributed by atoms with E-state index in [0.717, 1.165) is 37.6 Å². The maximum absolute atomic E-state index is 9.57. The van der Waals surface area contributed by atoms with Crippen LogP contribution in [0.1, 0.15) is 111 Å². The van der Waals surface area contributed by atoms with E-state index in [1.807, 2.05) is 0 Å². The van der Waals surface area contributed by atoms with Gasteiger partial charge >= 0.3 is 0 Å². The van der Waals surface area contributed by atoms with Crippen LogP contribution in [0.5, 0.6) is 0 Å². The number of unbranched alkanes of at least 4 members (excludes halogenated alkanes) is 4. The molecular weight excluding hydrogens is 320 g/mol. The van der Waals surface area contributed by atoms with Gasteiger partial charge in [-0.3, -0.25) is 0 Å². The molecule has 2 nitrogen and oxygen atoms in total. The number of hydrogen-bond acceptors (Lipinski definition) is 2. The number of aldehydes is 1. The quantitative estimate of drug-likeness (QED) is 0.204.